The molecule has 0 aromatic rings. The molecule has 25 N–H and O–H groups in total. The number of carboxylic acids is 1. The van der Waals surface area contributed by atoms with Gasteiger partial charge in [-0.1, -0.05) is 193 Å². The molecule has 14 unspecified atom stereocenters. The van der Waals surface area contributed by atoms with Gasteiger partial charge in [0, 0.05) is 26.7 Å². The average Bonchev–Trinajstić information content (AvgIpc) is 0.747. The van der Waals surface area contributed by atoms with Crippen molar-refractivity contribution in [3.63, 3.8) is 0 Å². The van der Waals surface area contributed by atoms with E-state index >= 15 is 0 Å². The minimum atomic E-state index is -3.50. The molecule has 7 heterocycles. The Labute approximate surface area is 759 Å². The van der Waals surface area contributed by atoms with Gasteiger partial charge in [0.05, 0.1) is 76.6 Å². The molecule has 7 saturated heterocycles. The van der Waals surface area contributed by atoms with Crippen molar-refractivity contribution < 1.29 is 198 Å². The second-order valence-corrected chi connectivity index (χ2v) is 35.6. The van der Waals surface area contributed by atoms with Gasteiger partial charge in [-0.15, -0.1) is 0 Å². The van der Waals surface area contributed by atoms with Gasteiger partial charge < -0.3 is 195 Å². The zero-order chi connectivity index (χ0) is 95.5. The van der Waals surface area contributed by atoms with Crippen molar-refractivity contribution in [3.8, 4) is 0 Å². The summed E-state index contributed by atoms with van der Waals surface area (Å²) < 4.78 is 85.4. The van der Waals surface area contributed by atoms with Crippen molar-refractivity contribution in [2.45, 2.75) is 466 Å². The number of amides is 3. The molecule has 38 atom stereocenters. The van der Waals surface area contributed by atoms with Crippen LogP contribution in [-0.2, 0) is 85.5 Å². The fraction of sp³-hybridized carbons (Fsp3) is 0.931. The van der Waals surface area contributed by atoms with E-state index in [0.29, 0.717) is 12.8 Å². The molecule has 130 heavy (non-hydrogen) atoms. The summed E-state index contributed by atoms with van der Waals surface area (Å²) in [7, 11) is 0. The summed E-state index contributed by atoms with van der Waals surface area (Å²) in [6, 6.07) is -5.18. The van der Waals surface area contributed by atoms with E-state index in [2.05, 4.69) is 29.8 Å². The van der Waals surface area contributed by atoms with Gasteiger partial charge in [0.2, 0.25) is 17.7 Å². The maximum Gasteiger partial charge on any atom is 0.364 e. The molecule has 0 aromatic heterocycles. The summed E-state index contributed by atoms with van der Waals surface area (Å²) in [6.07, 6.45) is -38.2. The number of hydrogen-bond donors (Lipinski definition) is 25. The number of carbonyl (C=O) groups is 4. The van der Waals surface area contributed by atoms with Gasteiger partial charge >= 0.3 is 5.97 Å². The van der Waals surface area contributed by atoms with Gasteiger partial charge in [-0.2, -0.15) is 0 Å². The van der Waals surface area contributed by atoms with Crippen molar-refractivity contribution in [3.05, 3.63) is 12.2 Å². The molecule has 0 bridgehead atoms. The fourth-order valence-corrected chi connectivity index (χ4v) is 17.6. The number of nitrogens with one attached hydrogen (secondary N) is 3. The first-order valence-corrected chi connectivity index (χ1v) is 47.0. The number of aliphatic hydroxyl groups is 21. The number of ether oxygens (including phenoxy) is 14. The van der Waals surface area contributed by atoms with Gasteiger partial charge in [0.25, 0.3) is 5.79 Å². The minimum Gasteiger partial charge on any atom is -0.477 e. The molecule has 7 fully saturated rings. The highest BCUT2D eigenvalue weighted by molar-refractivity contribution is 5.77. The van der Waals surface area contributed by atoms with E-state index in [1.165, 1.54) is 122 Å². The third-order valence-electron chi connectivity index (χ3n) is 25.3. The van der Waals surface area contributed by atoms with Crippen molar-refractivity contribution >= 4 is 23.7 Å². The zero-order valence-corrected chi connectivity index (χ0v) is 75.6. The summed E-state index contributed by atoms with van der Waals surface area (Å²) in [5.74, 6) is -8.11. The Morgan fingerprint density at radius 1 is 0.415 bits per heavy atom. The van der Waals surface area contributed by atoms with E-state index in [0.717, 1.165) is 78.1 Å². The van der Waals surface area contributed by atoms with E-state index in [1.807, 2.05) is 0 Å². The van der Waals surface area contributed by atoms with Crippen LogP contribution in [0.25, 0.3) is 0 Å². The summed E-state index contributed by atoms with van der Waals surface area (Å²) in [4.78, 5) is 54.3. The number of aliphatic hydroxyl groups excluding tert-OH is 21. The molecule has 0 aromatic carbocycles. The Hall–Kier alpha value is -3.78. The number of allylic oxidation sites excluding steroid dienone is 1. The van der Waals surface area contributed by atoms with Crippen LogP contribution < -0.4 is 16.0 Å². The number of carboxylic acid groups (broad SMARTS) is 1. The maximum absolute atomic E-state index is 14.1. The highest BCUT2D eigenvalue weighted by Crippen LogP contribution is 2.43. The molecule has 0 saturated carbocycles. The predicted octanol–water partition coefficient (Wildman–Crippen LogP) is -3.59. The van der Waals surface area contributed by atoms with Crippen molar-refractivity contribution in [1.29, 1.82) is 0 Å². The Morgan fingerprint density at radius 3 is 1.34 bits per heavy atom. The van der Waals surface area contributed by atoms with Crippen LogP contribution in [0.5, 0.6) is 0 Å². The molecule has 7 aliphatic rings. The molecule has 3 amide bonds. The Morgan fingerprint density at radius 2 is 0.823 bits per heavy atom. The van der Waals surface area contributed by atoms with Crippen LogP contribution in [0.4, 0.5) is 0 Å². The van der Waals surface area contributed by atoms with Crippen molar-refractivity contribution in [2.75, 3.05) is 46.2 Å². The van der Waals surface area contributed by atoms with E-state index in [4.69, 9.17) is 66.3 Å². The fourth-order valence-electron chi connectivity index (χ4n) is 17.6. The SMILES string of the molecule is CCCCCCCCCCCCC/C=C/[C@@H](O)[C@H](CO[C@@H]1OC(CO)[C@@H](O[C@@H]2OC(CO)[C@H](O[C@@H]3OC(CO)[C@H](O)[C@H](O[C@@H]4OC(CO)[C@H](O)[C@H](O[C@H]5OC(CO)[C@H](O)[C@H](O)C5O)C4O[C@H]4OC(C)[C@@H](O)C(O)[C@@H]4O)C3NC(C)=O)[C@H](O[C@]3(C(=O)O)CC(O)[C@@H](NC(C)=O)C([C@H](O)[C@H](O)CO)O3)C2O)[C@H](O)C1O)NC(=O)CCCCCCCCCCCCCCCCCCC. The lowest BCUT2D eigenvalue weighted by molar-refractivity contribution is -0.410. The van der Waals surface area contributed by atoms with Crippen LogP contribution >= 0.6 is 0 Å². The first-order chi connectivity index (χ1) is 62.2. The number of hydrogen-bond acceptors (Lipinski definition) is 39. The summed E-state index contributed by atoms with van der Waals surface area (Å²) in [5, 5.41) is 257. The van der Waals surface area contributed by atoms with Crippen LogP contribution in [0.2, 0.25) is 0 Å². The van der Waals surface area contributed by atoms with E-state index in [1.54, 1.807) is 6.08 Å². The van der Waals surface area contributed by atoms with E-state index < -0.39 is 309 Å². The van der Waals surface area contributed by atoms with Crippen LogP contribution in [0.3, 0.4) is 0 Å². The molecular weight excluding hydrogens is 1730 g/mol. The van der Waals surface area contributed by atoms with E-state index in [-0.39, 0.29) is 6.42 Å². The first kappa shape index (κ1) is 113. The molecule has 0 spiro atoms. The summed E-state index contributed by atoms with van der Waals surface area (Å²) >= 11 is 0. The van der Waals surface area contributed by atoms with Gasteiger partial charge in [-0.3, -0.25) is 14.4 Å². The topological polar surface area (TPSA) is 679 Å². The molecule has 0 radical (unpaired) electrons. The number of carbonyl (C=O) groups excluding carboxylic acids is 3. The summed E-state index contributed by atoms with van der Waals surface area (Å²) in [6.45, 7) is -0.226. The second kappa shape index (κ2) is 58.2. The van der Waals surface area contributed by atoms with Crippen molar-refractivity contribution in [1.82, 2.24) is 16.0 Å². The highest BCUT2D eigenvalue weighted by Gasteiger charge is 2.64. The standard InChI is InChI=1S/C87H155N3O40/c1-6-8-10-12-14-16-18-20-21-22-23-25-27-29-31-33-35-37-58(102)90-49(50(99)36-34-32-30-28-26-24-19-17-15-13-11-9-7-2)45-117-81-71(113)68(110)73(56(43-95)122-81)124-84-72(114)78(130-87(86(115)116)38-51(100)59(88-47(4)97)76(129-87)62(104)52(101)39-91)74(57(44-96)123-84)125-80-60(89-48(5)98)75(64(106)54(41-93)119-80)126-85-79(128-82-69(111)66(108)61(103)46(3)118-82)77(65(107)55(42-94)121-85)127-83-70(112)67(109)63(105)53(40-92)120-83/h34,36,46,49-57,59-85,91-96,99-101,103-114H,6-33,35,37-45H2,1-5H3,(H,88,97)(H,89,98)(H,90,102)(H,115,116)/b36-34+/t46?,49-,50+,51?,52+,53?,54?,55?,56?,57?,59+,60?,61+,62+,63-,64-,65-,66?,67-,68+,69-,70?,71?,72?,73+,74-,75+,76?,77-,78+,79?,80-,81+,82+,83+,84-,85-,87-/m0/s1. The largest absolute Gasteiger partial charge is 0.477 e. The van der Waals surface area contributed by atoms with Crippen LogP contribution in [0.15, 0.2) is 12.2 Å². The zero-order valence-electron chi connectivity index (χ0n) is 75.6. The molecule has 7 aliphatic heterocycles. The third kappa shape index (κ3) is 32.7. The molecular formula is C87H155N3O40. The Bertz CT molecular complexity index is 3190. The maximum atomic E-state index is 14.1. The Balaban J connectivity index is 1.17. The Kier molecular flexibility index (Phi) is 50.7. The van der Waals surface area contributed by atoms with Crippen molar-refractivity contribution in [2.24, 2.45) is 0 Å². The van der Waals surface area contributed by atoms with Crippen LogP contribution in [0.1, 0.15) is 234 Å². The average molecular weight is 1880 g/mol. The lowest BCUT2D eigenvalue weighted by atomic mass is 9.88. The third-order valence-corrected chi connectivity index (χ3v) is 25.3. The van der Waals surface area contributed by atoms with Gasteiger partial charge in [0.1, 0.15) is 159 Å². The molecule has 7 rings (SSSR count). The first-order valence-electron chi connectivity index (χ1n) is 47.0. The molecule has 43 nitrogen and oxygen atoms in total. The number of unbranched alkanes of at least 4 members (excludes halogenated alkanes) is 27. The normalized spacial score (nSPS) is 37.8. The van der Waals surface area contributed by atoms with Gasteiger partial charge in [-0.05, 0) is 26.2 Å². The van der Waals surface area contributed by atoms with Gasteiger partial charge in [-0.25, -0.2) is 4.79 Å². The number of rotatable bonds is 59. The molecule has 758 valence electrons. The van der Waals surface area contributed by atoms with Crippen LogP contribution in [0, 0.1) is 0 Å². The highest BCUT2D eigenvalue weighted by atomic mass is 16.8. The van der Waals surface area contributed by atoms with E-state index in [9.17, 15) is 132 Å². The smallest absolute Gasteiger partial charge is 0.364 e. The minimum absolute atomic E-state index is 0.0985. The quantitative estimate of drug-likeness (QED) is 0.0207. The monoisotopic (exact) mass is 1880 g/mol. The number of aliphatic carboxylic acids is 1. The predicted molar refractivity (Wildman–Crippen MR) is 451 cm³/mol. The second-order valence-electron chi connectivity index (χ2n) is 35.6. The molecule has 43 heteroatoms. The lowest BCUT2D eigenvalue weighted by Gasteiger charge is -2.53. The lowest BCUT2D eigenvalue weighted by Crippen LogP contribution is -2.72. The summed E-state index contributed by atoms with van der Waals surface area (Å²) in [5.41, 5.74) is 0. The van der Waals surface area contributed by atoms with Gasteiger partial charge in [0.15, 0.2) is 37.7 Å². The van der Waals surface area contributed by atoms with Crippen LogP contribution in [-0.4, -0.2) is 415 Å². The molecule has 0 aliphatic carbocycles.